The number of hydrogen-bond acceptors (Lipinski definition) is 3. The SMILES string of the molecule is O=C(OCC1c2ccccc2-c2ccccc21)N1C2CCC1CNC2. The van der Waals surface area contributed by atoms with E-state index in [-0.39, 0.29) is 12.0 Å². The largest absolute Gasteiger partial charge is 0.448 e. The number of piperazine rings is 1. The van der Waals surface area contributed by atoms with E-state index in [9.17, 15) is 4.79 Å². The van der Waals surface area contributed by atoms with Gasteiger partial charge in [0, 0.05) is 31.1 Å². The summed E-state index contributed by atoms with van der Waals surface area (Å²) in [6.07, 6.45) is 2.03. The van der Waals surface area contributed by atoms with Gasteiger partial charge in [0.2, 0.25) is 0 Å². The minimum Gasteiger partial charge on any atom is -0.448 e. The molecule has 1 N–H and O–H groups in total. The lowest BCUT2D eigenvalue weighted by atomic mass is 9.98. The molecule has 4 heteroatoms. The molecule has 2 fully saturated rings. The molecule has 1 amide bonds. The highest BCUT2D eigenvalue weighted by Crippen LogP contribution is 2.44. The first-order valence-corrected chi connectivity index (χ1v) is 9.17. The van der Waals surface area contributed by atoms with Crippen LogP contribution in [0.5, 0.6) is 0 Å². The van der Waals surface area contributed by atoms with Gasteiger partial charge in [-0.25, -0.2) is 4.79 Å². The number of nitrogens with one attached hydrogen (secondary N) is 1. The number of ether oxygens (including phenoxy) is 1. The molecule has 2 aromatic carbocycles. The second kappa shape index (κ2) is 5.88. The normalized spacial score (nSPS) is 24.1. The van der Waals surface area contributed by atoms with E-state index >= 15 is 0 Å². The van der Waals surface area contributed by atoms with Crippen LogP contribution in [0.4, 0.5) is 4.79 Å². The molecule has 0 saturated carbocycles. The zero-order valence-corrected chi connectivity index (χ0v) is 14.2. The van der Waals surface area contributed by atoms with E-state index in [0.29, 0.717) is 18.7 Å². The van der Waals surface area contributed by atoms with Gasteiger partial charge in [-0.05, 0) is 35.1 Å². The van der Waals surface area contributed by atoms with Crippen LogP contribution in [-0.2, 0) is 4.74 Å². The fraction of sp³-hybridized carbons (Fsp3) is 0.381. The van der Waals surface area contributed by atoms with Crippen molar-refractivity contribution in [3.05, 3.63) is 59.7 Å². The number of fused-ring (bicyclic) bond motifs is 5. The van der Waals surface area contributed by atoms with E-state index in [2.05, 4.69) is 53.8 Å². The molecule has 2 bridgehead atoms. The third kappa shape index (κ3) is 2.35. The van der Waals surface area contributed by atoms with E-state index in [1.807, 2.05) is 4.90 Å². The smallest absolute Gasteiger partial charge is 0.410 e. The lowest BCUT2D eigenvalue weighted by Crippen LogP contribution is -2.54. The molecule has 2 heterocycles. The van der Waals surface area contributed by atoms with E-state index in [1.54, 1.807) is 0 Å². The van der Waals surface area contributed by atoms with Gasteiger partial charge in [-0.3, -0.25) is 4.90 Å². The summed E-state index contributed by atoms with van der Waals surface area (Å²) in [6.45, 7) is 2.19. The van der Waals surface area contributed by atoms with Crippen molar-refractivity contribution in [1.29, 1.82) is 0 Å². The Kier molecular flexibility index (Phi) is 3.52. The summed E-state index contributed by atoms with van der Waals surface area (Å²) in [6, 6.07) is 17.5. The van der Waals surface area contributed by atoms with Gasteiger partial charge in [0.15, 0.2) is 0 Å². The Morgan fingerprint density at radius 3 is 2.12 bits per heavy atom. The molecule has 2 unspecified atom stereocenters. The number of amides is 1. The highest BCUT2D eigenvalue weighted by molar-refractivity contribution is 5.79. The lowest BCUT2D eigenvalue weighted by Gasteiger charge is -2.34. The molecule has 2 aliphatic heterocycles. The Hall–Kier alpha value is -2.33. The van der Waals surface area contributed by atoms with Crippen LogP contribution in [0.3, 0.4) is 0 Å². The summed E-state index contributed by atoms with van der Waals surface area (Å²) >= 11 is 0. The van der Waals surface area contributed by atoms with Crippen LogP contribution < -0.4 is 5.32 Å². The second-order valence-corrected chi connectivity index (χ2v) is 7.25. The molecule has 25 heavy (non-hydrogen) atoms. The molecule has 1 aliphatic carbocycles. The minimum atomic E-state index is -0.143. The standard InChI is InChI=1S/C21H22N2O2/c24-21(23-14-9-10-15(23)12-22-11-14)25-13-20-18-7-3-1-5-16(18)17-6-2-4-8-19(17)20/h1-8,14-15,20,22H,9-13H2. The quantitative estimate of drug-likeness (QED) is 0.915. The first-order valence-electron chi connectivity index (χ1n) is 9.17. The van der Waals surface area contributed by atoms with Crippen LogP contribution in [-0.4, -0.2) is 42.8 Å². The predicted octanol–water partition coefficient (Wildman–Crippen LogP) is 3.37. The summed E-state index contributed by atoms with van der Waals surface area (Å²) < 4.78 is 5.82. The maximum atomic E-state index is 12.7. The number of nitrogens with zero attached hydrogens (tertiary/aromatic N) is 1. The summed E-state index contributed by atoms with van der Waals surface area (Å²) in [5, 5.41) is 3.41. The predicted molar refractivity (Wildman–Crippen MR) is 96.6 cm³/mol. The van der Waals surface area contributed by atoms with Gasteiger partial charge in [0.05, 0.1) is 0 Å². The van der Waals surface area contributed by atoms with Crippen LogP contribution in [0.2, 0.25) is 0 Å². The monoisotopic (exact) mass is 334 g/mol. The van der Waals surface area contributed by atoms with Crippen molar-refractivity contribution in [3.8, 4) is 11.1 Å². The van der Waals surface area contributed by atoms with E-state index in [0.717, 1.165) is 25.9 Å². The van der Waals surface area contributed by atoms with Gasteiger partial charge in [-0.1, -0.05) is 48.5 Å². The number of carbonyl (C=O) groups is 1. The van der Waals surface area contributed by atoms with Crippen LogP contribution in [0.1, 0.15) is 29.9 Å². The summed E-state index contributed by atoms with van der Waals surface area (Å²) in [5.74, 6) is 0.136. The highest BCUT2D eigenvalue weighted by atomic mass is 16.6. The minimum absolute atomic E-state index is 0.136. The summed E-state index contributed by atoms with van der Waals surface area (Å²) in [5.41, 5.74) is 5.06. The van der Waals surface area contributed by atoms with Crippen LogP contribution in [0.15, 0.2) is 48.5 Å². The van der Waals surface area contributed by atoms with Crippen molar-refractivity contribution in [2.45, 2.75) is 30.8 Å². The molecule has 128 valence electrons. The third-order valence-electron chi connectivity index (χ3n) is 5.93. The topological polar surface area (TPSA) is 41.6 Å². The van der Waals surface area contributed by atoms with Crippen LogP contribution in [0.25, 0.3) is 11.1 Å². The van der Waals surface area contributed by atoms with Crippen molar-refractivity contribution >= 4 is 6.09 Å². The van der Waals surface area contributed by atoms with Gasteiger partial charge < -0.3 is 10.1 Å². The number of benzene rings is 2. The van der Waals surface area contributed by atoms with Crippen molar-refractivity contribution < 1.29 is 9.53 Å². The number of carbonyl (C=O) groups excluding carboxylic acids is 1. The average molecular weight is 334 g/mol. The average Bonchev–Trinajstić information content (AvgIpc) is 3.11. The molecule has 2 aromatic rings. The number of hydrogen-bond donors (Lipinski definition) is 1. The molecule has 0 spiro atoms. The molecule has 2 saturated heterocycles. The summed E-state index contributed by atoms with van der Waals surface area (Å²) in [7, 11) is 0. The molecular formula is C21H22N2O2. The van der Waals surface area contributed by atoms with Crippen LogP contribution >= 0.6 is 0 Å². The molecule has 0 radical (unpaired) electrons. The van der Waals surface area contributed by atoms with Gasteiger partial charge in [0.25, 0.3) is 0 Å². The molecule has 4 nitrogen and oxygen atoms in total. The fourth-order valence-corrected chi connectivity index (χ4v) is 4.75. The highest BCUT2D eigenvalue weighted by Gasteiger charge is 2.41. The number of rotatable bonds is 2. The van der Waals surface area contributed by atoms with Crippen molar-refractivity contribution in [2.24, 2.45) is 0 Å². The maximum Gasteiger partial charge on any atom is 0.410 e. The zero-order valence-electron chi connectivity index (χ0n) is 14.2. The molecule has 3 aliphatic rings. The molecule has 5 rings (SSSR count). The van der Waals surface area contributed by atoms with Gasteiger partial charge in [-0.15, -0.1) is 0 Å². The van der Waals surface area contributed by atoms with E-state index in [1.165, 1.54) is 22.3 Å². The third-order valence-corrected chi connectivity index (χ3v) is 5.93. The lowest BCUT2D eigenvalue weighted by molar-refractivity contribution is 0.0725. The Morgan fingerprint density at radius 1 is 0.960 bits per heavy atom. The van der Waals surface area contributed by atoms with Crippen molar-refractivity contribution in [3.63, 3.8) is 0 Å². The van der Waals surface area contributed by atoms with E-state index in [4.69, 9.17) is 4.74 Å². The summed E-state index contributed by atoms with van der Waals surface area (Å²) in [4.78, 5) is 14.7. The first-order chi connectivity index (χ1) is 12.3. The Balaban J connectivity index is 1.37. The van der Waals surface area contributed by atoms with Crippen molar-refractivity contribution in [2.75, 3.05) is 19.7 Å². The Labute approximate surface area is 147 Å². The van der Waals surface area contributed by atoms with Crippen LogP contribution in [0, 0.1) is 0 Å². The van der Waals surface area contributed by atoms with Crippen molar-refractivity contribution in [1.82, 2.24) is 10.2 Å². The maximum absolute atomic E-state index is 12.7. The Morgan fingerprint density at radius 2 is 1.52 bits per heavy atom. The van der Waals surface area contributed by atoms with Gasteiger partial charge >= 0.3 is 6.09 Å². The van der Waals surface area contributed by atoms with E-state index < -0.39 is 0 Å². The van der Waals surface area contributed by atoms with Gasteiger partial charge in [0.1, 0.15) is 6.61 Å². The second-order valence-electron chi connectivity index (χ2n) is 7.25. The molecule has 0 aromatic heterocycles. The van der Waals surface area contributed by atoms with Gasteiger partial charge in [-0.2, -0.15) is 0 Å². The molecule has 2 atom stereocenters. The Bertz CT molecular complexity index is 758. The molecular weight excluding hydrogens is 312 g/mol. The fourth-order valence-electron chi connectivity index (χ4n) is 4.75. The first kappa shape index (κ1) is 15.0. The zero-order chi connectivity index (χ0) is 16.8.